The quantitative estimate of drug-likeness (QED) is 0.833. The number of hydrogen-bond acceptors (Lipinski definition) is 5. The van der Waals surface area contributed by atoms with Gasteiger partial charge in [0.05, 0.1) is 6.54 Å². The number of nitrogens with one attached hydrogen (secondary N) is 1. The Hall–Kier alpha value is -2.28. The van der Waals surface area contributed by atoms with Gasteiger partial charge in [-0.1, -0.05) is 0 Å². The summed E-state index contributed by atoms with van der Waals surface area (Å²) in [7, 11) is 0. The van der Waals surface area contributed by atoms with E-state index in [0.29, 0.717) is 35.4 Å². The second-order valence-electron chi connectivity index (χ2n) is 6.71. The van der Waals surface area contributed by atoms with Gasteiger partial charge in [0.15, 0.2) is 11.5 Å². The maximum atomic E-state index is 12.3. The summed E-state index contributed by atoms with van der Waals surface area (Å²) in [6, 6.07) is 5.19. The molecule has 3 atom stereocenters. The standard InChI is InChI=1S/C17H21N3O4/c18-13-3-1-11-7-20(8-12(11)13)16(21)6-19-17(22)10-2-4-14-15(5-10)24-9-23-14/h2,4-5,11-13H,1,3,6-9,18H2,(H,19,22). The third-order valence-corrected chi connectivity index (χ3v) is 5.30. The van der Waals surface area contributed by atoms with E-state index in [4.69, 9.17) is 15.2 Å². The van der Waals surface area contributed by atoms with Gasteiger partial charge in [-0.15, -0.1) is 0 Å². The molecule has 24 heavy (non-hydrogen) atoms. The van der Waals surface area contributed by atoms with Crippen molar-refractivity contribution in [3.8, 4) is 11.5 Å². The number of rotatable bonds is 3. The summed E-state index contributed by atoms with van der Waals surface area (Å²) in [4.78, 5) is 26.4. The van der Waals surface area contributed by atoms with Crippen LogP contribution in [0.1, 0.15) is 23.2 Å². The molecular formula is C17H21N3O4. The summed E-state index contributed by atoms with van der Waals surface area (Å²) < 4.78 is 10.5. The zero-order valence-electron chi connectivity index (χ0n) is 13.4. The first kappa shape index (κ1) is 15.3. The topological polar surface area (TPSA) is 93.9 Å². The summed E-state index contributed by atoms with van der Waals surface area (Å²) in [6.07, 6.45) is 2.15. The molecule has 3 aliphatic rings. The summed E-state index contributed by atoms with van der Waals surface area (Å²) in [5.74, 6) is 1.77. The van der Waals surface area contributed by atoms with E-state index in [9.17, 15) is 9.59 Å². The molecule has 7 heteroatoms. The van der Waals surface area contributed by atoms with Crippen LogP contribution in [0.4, 0.5) is 0 Å². The van der Waals surface area contributed by atoms with Crippen LogP contribution >= 0.6 is 0 Å². The SMILES string of the molecule is NC1CCC2CN(C(=O)CNC(=O)c3ccc4c(c3)OCO4)CC12. The van der Waals surface area contributed by atoms with Gasteiger partial charge in [-0.05, 0) is 42.9 Å². The predicted molar refractivity (Wildman–Crippen MR) is 85.7 cm³/mol. The molecule has 0 spiro atoms. The van der Waals surface area contributed by atoms with Crippen molar-refractivity contribution in [2.75, 3.05) is 26.4 Å². The van der Waals surface area contributed by atoms with Crippen LogP contribution in [-0.4, -0.2) is 49.2 Å². The molecule has 1 aliphatic carbocycles. The molecule has 0 bridgehead atoms. The maximum absolute atomic E-state index is 12.3. The lowest BCUT2D eigenvalue weighted by atomic mass is 9.98. The highest BCUT2D eigenvalue weighted by molar-refractivity contribution is 5.97. The summed E-state index contributed by atoms with van der Waals surface area (Å²) in [5.41, 5.74) is 6.55. The molecule has 2 amide bonds. The van der Waals surface area contributed by atoms with Crippen LogP contribution < -0.4 is 20.5 Å². The van der Waals surface area contributed by atoms with E-state index in [1.165, 1.54) is 0 Å². The molecule has 3 N–H and O–H groups in total. The zero-order chi connectivity index (χ0) is 16.7. The Balaban J connectivity index is 1.32. The molecule has 2 fully saturated rings. The highest BCUT2D eigenvalue weighted by Crippen LogP contribution is 2.37. The fourth-order valence-electron chi connectivity index (χ4n) is 3.92. The summed E-state index contributed by atoms with van der Waals surface area (Å²) >= 11 is 0. The van der Waals surface area contributed by atoms with Crippen LogP contribution in [0.2, 0.25) is 0 Å². The second-order valence-corrected chi connectivity index (χ2v) is 6.71. The molecule has 1 aromatic carbocycles. The number of ether oxygens (including phenoxy) is 2. The number of amides is 2. The molecule has 2 heterocycles. The molecule has 2 aliphatic heterocycles. The van der Waals surface area contributed by atoms with Crippen LogP contribution in [0, 0.1) is 11.8 Å². The van der Waals surface area contributed by atoms with Gasteiger partial charge < -0.3 is 25.4 Å². The van der Waals surface area contributed by atoms with E-state index < -0.39 is 0 Å². The van der Waals surface area contributed by atoms with Gasteiger partial charge in [-0.3, -0.25) is 9.59 Å². The van der Waals surface area contributed by atoms with Gasteiger partial charge in [0.2, 0.25) is 12.7 Å². The lowest BCUT2D eigenvalue weighted by Crippen LogP contribution is -2.40. The molecule has 7 nitrogen and oxygen atoms in total. The maximum Gasteiger partial charge on any atom is 0.251 e. The minimum Gasteiger partial charge on any atom is -0.454 e. The van der Waals surface area contributed by atoms with Crippen molar-refractivity contribution in [2.24, 2.45) is 17.6 Å². The van der Waals surface area contributed by atoms with Crippen LogP contribution in [0.3, 0.4) is 0 Å². The fraction of sp³-hybridized carbons (Fsp3) is 0.529. The van der Waals surface area contributed by atoms with Gasteiger partial charge in [0.1, 0.15) is 0 Å². The summed E-state index contributed by atoms with van der Waals surface area (Å²) in [6.45, 7) is 1.64. The Morgan fingerprint density at radius 3 is 2.88 bits per heavy atom. The molecular weight excluding hydrogens is 310 g/mol. The highest BCUT2D eigenvalue weighted by atomic mass is 16.7. The number of nitrogens with two attached hydrogens (primary N) is 1. The molecule has 0 radical (unpaired) electrons. The summed E-state index contributed by atoms with van der Waals surface area (Å²) in [5, 5.41) is 2.69. The Morgan fingerprint density at radius 2 is 2.04 bits per heavy atom. The molecule has 1 aromatic rings. The van der Waals surface area contributed by atoms with Crippen LogP contribution in [-0.2, 0) is 4.79 Å². The van der Waals surface area contributed by atoms with Crippen molar-refractivity contribution < 1.29 is 19.1 Å². The van der Waals surface area contributed by atoms with E-state index in [1.807, 2.05) is 4.90 Å². The lowest BCUT2D eigenvalue weighted by Gasteiger charge is -2.19. The molecule has 128 valence electrons. The van der Waals surface area contributed by atoms with E-state index in [-0.39, 0.29) is 31.2 Å². The zero-order valence-corrected chi connectivity index (χ0v) is 13.4. The highest BCUT2D eigenvalue weighted by Gasteiger charge is 2.42. The molecule has 1 saturated heterocycles. The molecule has 4 rings (SSSR count). The average Bonchev–Trinajstić information content (AvgIpc) is 3.28. The largest absolute Gasteiger partial charge is 0.454 e. The van der Waals surface area contributed by atoms with Crippen molar-refractivity contribution in [2.45, 2.75) is 18.9 Å². The first-order valence-corrected chi connectivity index (χ1v) is 8.33. The van der Waals surface area contributed by atoms with E-state index in [0.717, 1.165) is 19.4 Å². The predicted octanol–water partition coefficient (Wildman–Crippen LogP) is 0.341. The second kappa shape index (κ2) is 5.98. The first-order valence-electron chi connectivity index (χ1n) is 8.33. The van der Waals surface area contributed by atoms with Gasteiger partial charge in [0, 0.05) is 24.7 Å². The Kier molecular flexibility index (Phi) is 3.80. The fourth-order valence-corrected chi connectivity index (χ4v) is 3.92. The number of likely N-dealkylation sites (tertiary alicyclic amines) is 1. The molecule has 0 aromatic heterocycles. The third-order valence-electron chi connectivity index (χ3n) is 5.30. The number of carbonyl (C=O) groups is 2. The van der Waals surface area contributed by atoms with E-state index in [1.54, 1.807) is 18.2 Å². The smallest absolute Gasteiger partial charge is 0.251 e. The number of fused-ring (bicyclic) bond motifs is 2. The van der Waals surface area contributed by atoms with Crippen molar-refractivity contribution in [3.05, 3.63) is 23.8 Å². The number of hydrogen-bond donors (Lipinski definition) is 2. The van der Waals surface area contributed by atoms with Gasteiger partial charge in [0.25, 0.3) is 5.91 Å². The Morgan fingerprint density at radius 1 is 1.21 bits per heavy atom. The first-order chi connectivity index (χ1) is 11.6. The number of benzene rings is 1. The minimum atomic E-state index is -0.294. The normalized spacial score (nSPS) is 27.2. The monoisotopic (exact) mass is 331 g/mol. The van der Waals surface area contributed by atoms with Gasteiger partial charge in [-0.25, -0.2) is 0 Å². The molecule has 3 unspecified atom stereocenters. The molecule has 1 saturated carbocycles. The van der Waals surface area contributed by atoms with Crippen molar-refractivity contribution in [1.29, 1.82) is 0 Å². The Labute approximate surface area is 140 Å². The van der Waals surface area contributed by atoms with E-state index >= 15 is 0 Å². The number of carbonyl (C=O) groups excluding carboxylic acids is 2. The minimum absolute atomic E-state index is 0.00194. The third kappa shape index (κ3) is 2.69. The van der Waals surface area contributed by atoms with Gasteiger partial charge >= 0.3 is 0 Å². The van der Waals surface area contributed by atoms with Crippen LogP contribution in [0.25, 0.3) is 0 Å². The average molecular weight is 331 g/mol. The van der Waals surface area contributed by atoms with Gasteiger partial charge in [-0.2, -0.15) is 0 Å². The Bertz CT molecular complexity index is 678. The number of nitrogens with zero attached hydrogens (tertiary/aromatic N) is 1. The van der Waals surface area contributed by atoms with Crippen LogP contribution in [0.15, 0.2) is 18.2 Å². The van der Waals surface area contributed by atoms with E-state index in [2.05, 4.69) is 5.32 Å². The van der Waals surface area contributed by atoms with Crippen molar-refractivity contribution >= 4 is 11.8 Å². The van der Waals surface area contributed by atoms with Crippen molar-refractivity contribution in [1.82, 2.24) is 10.2 Å². The van der Waals surface area contributed by atoms with Crippen LogP contribution in [0.5, 0.6) is 11.5 Å². The lowest BCUT2D eigenvalue weighted by molar-refractivity contribution is -0.129. The van der Waals surface area contributed by atoms with Crippen molar-refractivity contribution in [3.63, 3.8) is 0 Å².